The predicted octanol–water partition coefficient (Wildman–Crippen LogP) is 4.34. The quantitative estimate of drug-likeness (QED) is 0.867. The van der Waals surface area contributed by atoms with Gasteiger partial charge in [0.25, 0.3) is 0 Å². The number of nitrogens with one attached hydrogen (secondary N) is 1. The maximum atomic E-state index is 3.75. The van der Waals surface area contributed by atoms with Crippen LogP contribution in [0.2, 0.25) is 0 Å². The highest BCUT2D eigenvalue weighted by Gasteiger charge is 2.16. The van der Waals surface area contributed by atoms with Gasteiger partial charge in [0.15, 0.2) is 0 Å². The molecule has 2 heteroatoms. The van der Waals surface area contributed by atoms with E-state index in [1.165, 1.54) is 75.0 Å². The summed E-state index contributed by atoms with van der Waals surface area (Å²) in [5.41, 5.74) is 4.15. The van der Waals surface area contributed by atoms with Crippen LogP contribution in [0.3, 0.4) is 0 Å². The van der Waals surface area contributed by atoms with E-state index in [1.54, 1.807) is 0 Å². The monoisotopic (exact) mass is 258 g/mol. The van der Waals surface area contributed by atoms with Gasteiger partial charge >= 0.3 is 0 Å². The summed E-state index contributed by atoms with van der Waals surface area (Å²) in [5.74, 6) is 0. The Hall–Kier alpha value is -1.18. The van der Waals surface area contributed by atoms with E-state index in [-0.39, 0.29) is 0 Å². The van der Waals surface area contributed by atoms with Crippen molar-refractivity contribution in [1.82, 2.24) is 0 Å². The van der Waals surface area contributed by atoms with Gasteiger partial charge in [-0.1, -0.05) is 19.3 Å². The van der Waals surface area contributed by atoms with Crippen LogP contribution in [0.15, 0.2) is 18.2 Å². The van der Waals surface area contributed by atoms with Gasteiger partial charge in [-0.25, -0.2) is 0 Å². The molecule has 1 aliphatic heterocycles. The Balaban J connectivity index is 1.68. The van der Waals surface area contributed by atoms with Crippen LogP contribution in [0.4, 0.5) is 11.4 Å². The summed E-state index contributed by atoms with van der Waals surface area (Å²) >= 11 is 0. The molecule has 2 aliphatic rings. The molecule has 3 rings (SSSR count). The average molecular weight is 258 g/mol. The molecule has 2 nitrogen and oxygen atoms in total. The summed E-state index contributed by atoms with van der Waals surface area (Å²) in [6.45, 7) is 4.70. The molecule has 0 atom stereocenters. The number of hydrogen-bond acceptors (Lipinski definition) is 2. The van der Waals surface area contributed by atoms with Crippen LogP contribution in [-0.2, 0) is 0 Å². The zero-order valence-electron chi connectivity index (χ0n) is 12.1. The lowest BCUT2D eigenvalue weighted by atomic mass is 9.95. The summed E-state index contributed by atoms with van der Waals surface area (Å²) in [6.07, 6.45) is 9.58. The molecule has 1 aliphatic carbocycles. The van der Waals surface area contributed by atoms with Crippen molar-refractivity contribution in [2.24, 2.45) is 0 Å². The second-order valence-corrected chi connectivity index (χ2v) is 6.17. The fourth-order valence-electron chi connectivity index (χ4n) is 3.45. The first-order valence-electron chi connectivity index (χ1n) is 7.95. The molecular weight excluding hydrogens is 232 g/mol. The fourth-order valence-corrected chi connectivity index (χ4v) is 3.45. The SMILES string of the molecule is Cc1cc(N2CCCC2)ccc1NC1CCCCC1. The Morgan fingerprint density at radius 3 is 2.42 bits per heavy atom. The number of aryl methyl sites for hydroxylation is 1. The van der Waals surface area contributed by atoms with Gasteiger partial charge in [-0.2, -0.15) is 0 Å². The summed E-state index contributed by atoms with van der Waals surface area (Å²) in [4.78, 5) is 2.51. The van der Waals surface area contributed by atoms with Gasteiger partial charge in [0.1, 0.15) is 0 Å². The molecule has 1 N–H and O–H groups in total. The first kappa shape index (κ1) is 12.8. The zero-order valence-corrected chi connectivity index (χ0v) is 12.1. The van der Waals surface area contributed by atoms with Crippen LogP contribution in [0.25, 0.3) is 0 Å². The lowest BCUT2D eigenvalue weighted by molar-refractivity contribution is 0.462. The van der Waals surface area contributed by atoms with Crippen molar-refractivity contribution < 1.29 is 0 Å². The van der Waals surface area contributed by atoms with E-state index in [1.807, 2.05) is 0 Å². The molecule has 0 bridgehead atoms. The number of hydrogen-bond donors (Lipinski definition) is 1. The largest absolute Gasteiger partial charge is 0.382 e. The molecule has 0 amide bonds. The summed E-state index contributed by atoms with van der Waals surface area (Å²) in [7, 11) is 0. The van der Waals surface area contributed by atoms with E-state index >= 15 is 0 Å². The van der Waals surface area contributed by atoms with Crippen molar-refractivity contribution in [2.45, 2.75) is 57.9 Å². The zero-order chi connectivity index (χ0) is 13.1. The van der Waals surface area contributed by atoms with E-state index in [0.717, 1.165) is 0 Å². The van der Waals surface area contributed by atoms with Crippen molar-refractivity contribution in [2.75, 3.05) is 23.3 Å². The highest BCUT2D eigenvalue weighted by Crippen LogP contribution is 2.28. The molecule has 19 heavy (non-hydrogen) atoms. The first-order chi connectivity index (χ1) is 9.33. The lowest BCUT2D eigenvalue weighted by Gasteiger charge is -2.26. The molecular formula is C17H26N2. The standard InChI is InChI=1S/C17H26N2/c1-14-13-16(19-11-5-6-12-19)9-10-17(14)18-15-7-3-2-4-8-15/h9-10,13,15,18H,2-8,11-12H2,1H3. The fraction of sp³-hybridized carbons (Fsp3) is 0.647. The third kappa shape index (κ3) is 3.05. The highest BCUT2D eigenvalue weighted by molar-refractivity contribution is 5.60. The molecule has 1 heterocycles. The minimum Gasteiger partial charge on any atom is -0.382 e. The molecule has 1 saturated heterocycles. The van der Waals surface area contributed by atoms with Crippen molar-refractivity contribution in [3.63, 3.8) is 0 Å². The summed E-state index contributed by atoms with van der Waals surface area (Å²) in [5, 5.41) is 3.75. The van der Waals surface area contributed by atoms with Gasteiger partial charge < -0.3 is 10.2 Å². The van der Waals surface area contributed by atoms with Crippen molar-refractivity contribution in [1.29, 1.82) is 0 Å². The highest BCUT2D eigenvalue weighted by atomic mass is 15.1. The molecule has 2 fully saturated rings. The second-order valence-electron chi connectivity index (χ2n) is 6.17. The van der Waals surface area contributed by atoms with E-state index < -0.39 is 0 Å². The molecule has 1 aromatic carbocycles. The van der Waals surface area contributed by atoms with Gasteiger partial charge in [-0.05, 0) is 56.4 Å². The Labute approximate surface area is 117 Å². The van der Waals surface area contributed by atoms with E-state index in [9.17, 15) is 0 Å². The van der Waals surface area contributed by atoms with Crippen molar-refractivity contribution in [3.8, 4) is 0 Å². The minimum absolute atomic E-state index is 0.699. The van der Waals surface area contributed by atoms with Gasteiger partial charge in [0.05, 0.1) is 0 Å². The van der Waals surface area contributed by atoms with E-state index in [2.05, 4.69) is 35.3 Å². The summed E-state index contributed by atoms with van der Waals surface area (Å²) < 4.78 is 0. The lowest BCUT2D eigenvalue weighted by Crippen LogP contribution is -2.23. The molecule has 0 unspecified atom stereocenters. The Bertz CT molecular complexity index is 415. The Morgan fingerprint density at radius 1 is 1.00 bits per heavy atom. The Kier molecular flexibility index (Phi) is 3.95. The van der Waals surface area contributed by atoms with Crippen LogP contribution in [-0.4, -0.2) is 19.1 Å². The van der Waals surface area contributed by atoms with Gasteiger partial charge in [0, 0.05) is 30.5 Å². The third-order valence-corrected chi connectivity index (χ3v) is 4.65. The molecule has 1 aromatic rings. The van der Waals surface area contributed by atoms with Crippen molar-refractivity contribution >= 4 is 11.4 Å². The normalized spacial score (nSPS) is 20.8. The number of rotatable bonds is 3. The molecule has 104 valence electrons. The van der Waals surface area contributed by atoms with E-state index in [0.29, 0.717) is 6.04 Å². The molecule has 0 spiro atoms. The van der Waals surface area contributed by atoms with Gasteiger partial charge in [0.2, 0.25) is 0 Å². The minimum atomic E-state index is 0.699. The van der Waals surface area contributed by atoms with Gasteiger partial charge in [-0.15, -0.1) is 0 Å². The van der Waals surface area contributed by atoms with Crippen LogP contribution < -0.4 is 10.2 Å². The maximum Gasteiger partial charge on any atom is 0.0373 e. The summed E-state index contributed by atoms with van der Waals surface area (Å²) in [6, 6.07) is 7.64. The van der Waals surface area contributed by atoms with Crippen LogP contribution >= 0.6 is 0 Å². The van der Waals surface area contributed by atoms with Crippen LogP contribution in [0.1, 0.15) is 50.5 Å². The second kappa shape index (κ2) is 5.85. The topological polar surface area (TPSA) is 15.3 Å². The van der Waals surface area contributed by atoms with Crippen LogP contribution in [0, 0.1) is 6.92 Å². The van der Waals surface area contributed by atoms with E-state index in [4.69, 9.17) is 0 Å². The maximum absolute atomic E-state index is 3.75. The number of nitrogens with zero attached hydrogens (tertiary/aromatic N) is 1. The number of anilines is 2. The number of benzene rings is 1. The molecule has 0 aromatic heterocycles. The van der Waals surface area contributed by atoms with Gasteiger partial charge in [-0.3, -0.25) is 0 Å². The smallest absolute Gasteiger partial charge is 0.0373 e. The third-order valence-electron chi connectivity index (χ3n) is 4.65. The van der Waals surface area contributed by atoms with Crippen LogP contribution in [0.5, 0.6) is 0 Å². The molecule has 1 saturated carbocycles. The Morgan fingerprint density at radius 2 is 1.74 bits per heavy atom. The first-order valence-corrected chi connectivity index (χ1v) is 7.95. The van der Waals surface area contributed by atoms with Crippen molar-refractivity contribution in [3.05, 3.63) is 23.8 Å². The predicted molar refractivity (Wildman–Crippen MR) is 83.1 cm³/mol. The molecule has 0 radical (unpaired) electrons. The average Bonchev–Trinajstić information content (AvgIpc) is 2.96.